The van der Waals surface area contributed by atoms with Crippen molar-refractivity contribution in [2.24, 2.45) is 0 Å². The molecule has 112 valence electrons. The Morgan fingerprint density at radius 1 is 1.29 bits per heavy atom. The van der Waals surface area contributed by atoms with Crippen molar-refractivity contribution in [2.45, 2.75) is 27.2 Å². The van der Waals surface area contributed by atoms with Gasteiger partial charge in [0.15, 0.2) is 0 Å². The number of esters is 1. The molecule has 5 nitrogen and oxygen atoms in total. The third-order valence-electron chi connectivity index (χ3n) is 3.38. The number of aryl methyl sites for hydroxylation is 2. The van der Waals surface area contributed by atoms with E-state index >= 15 is 0 Å². The summed E-state index contributed by atoms with van der Waals surface area (Å²) in [6, 6.07) is 3.31. The first-order valence-electron chi connectivity index (χ1n) is 6.84. The van der Waals surface area contributed by atoms with Gasteiger partial charge in [0.25, 0.3) is 0 Å². The lowest BCUT2D eigenvalue weighted by atomic mass is 9.99. The fourth-order valence-corrected chi connectivity index (χ4v) is 2.44. The molecular weight excluding hydrogens is 272 g/mol. The predicted molar refractivity (Wildman–Crippen MR) is 79.1 cm³/mol. The van der Waals surface area contributed by atoms with Crippen molar-refractivity contribution in [3.63, 3.8) is 0 Å². The predicted octanol–water partition coefficient (Wildman–Crippen LogP) is 2.85. The summed E-state index contributed by atoms with van der Waals surface area (Å²) in [6.07, 6.45) is 0.696. The number of hydrogen-bond donors (Lipinski definition) is 0. The van der Waals surface area contributed by atoms with Crippen LogP contribution in [0.3, 0.4) is 0 Å². The lowest BCUT2D eigenvalue weighted by Gasteiger charge is -2.11. The van der Waals surface area contributed by atoms with Crippen LogP contribution in [0.15, 0.2) is 21.3 Å². The first-order valence-corrected chi connectivity index (χ1v) is 6.84. The molecule has 2 rings (SSSR count). The number of ether oxygens (including phenoxy) is 2. The van der Waals surface area contributed by atoms with Gasteiger partial charge in [0.05, 0.1) is 19.3 Å². The van der Waals surface area contributed by atoms with E-state index in [0.29, 0.717) is 24.2 Å². The minimum absolute atomic E-state index is 0.195. The molecule has 0 radical (unpaired) electrons. The molecule has 21 heavy (non-hydrogen) atoms. The SMILES string of the molecule is CCOC(=O)c1cc(CC)c2c(C)c(OC)c(=O)oc2c1. The molecule has 0 unspecified atom stereocenters. The maximum atomic E-state index is 11.9. The van der Waals surface area contributed by atoms with Crippen LogP contribution in [0, 0.1) is 6.92 Å². The molecule has 0 aliphatic carbocycles. The van der Waals surface area contributed by atoms with E-state index in [1.54, 1.807) is 26.0 Å². The normalized spacial score (nSPS) is 10.7. The summed E-state index contributed by atoms with van der Waals surface area (Å²) in [5.74, 6) is -0.230. The number of carbonyl (C=O) groups excluding carboxylic acids is 1. The zero-order valence-electron chi connectivity index (χ0n) is 12.6. The number of rotatable bonds is 4. The lowest BCUT2D eigenvalue weighted by molar-refractivity contribution is 0.0526. The van der Waals surface area contributed by atoms with E-state index in [1.165, 1.54) is 7.11 Å². The Bertz CT molecular complexity index is 742. The van der Waals surface area contributed by atoms with Crippen LogP contribution < -0.4 is 10.4 Å². The highest BCUT2D eigenvalue weighted by Gasteiger charge is 2.17. The lowest BCUT2D eigenvalue weighted by Crippen LogP contribution is -2.09. The second kappa shape index (κ2) is 5.99. The Balaban J connectivity index is 2.78. The van der Waals surface area contributed by atoms with E-state index < -0.39 is 11.6 Å². The molecule has 2 aromatic rings. The van der Waals surface area contributed by atoms with Crippen LogP contribution in [0.4, 0.5) is 0 Å². The Hall–Kier alpha value is -2.30. The van der Waals surface area contributed by atoms with Gasteiger partial charge in [-0.1, -0.05) is 6.92 Å². The highest BCUT2D eigenvalue weighted by atomic mass is 16.5. The van der Waals surface area contributed by atoms with Crippen molar-refractivity contribution in [2.75, 3.05) is 13.7 Å². The summed E-state index contributed by atoms with van der Waals surface area (Å²) >= 11 is 0. The van der Waals surface area contributed by atoms with Crippen LogP contribution in [0.5, 0.6) is 5.75 Å². The average Bonchev–Trinajstić information content (AvgIpc) is 2.46. The minimum atomic E-state index is -0.550. The molecule has 1 aromatic heterocycles. The maximum Gasteiger partial charge on any atom is 0.379 e. The van der Waals surface area contributed by atoms with Crippen LogP contribution in [0.1, 0.15) is 35.3 Å². The Kier molecular flexibility index (Phi) is 4.31. The van der Waals surface area contributed by atoms with Crippen molar-refractivity contribution in [1.29, 1.82) is 0 Å². The van der Waals surface area contributed by atoms with Crippen LogP contribution >= 0.6 is 0 Å². The van der Waals surface area contributed by atoms with Gasteiger partial charge in [0.2, 0.25) is 5.75 Å². The fourth-order valence-electron chi connectivity index (χ4n) is 2.44. The van der Waals surface area contributed by atoms with Crippen LogP contribution in [-0.4, -0.2) is 19.7 Å². The van der Waals surface area contributed by atoms with Gasteiger partial charge in [-0.2, -0.15) is 0 Å². The highest BCUT2D eigenvalue weighted by molar-refractivity contribution is 5.96. The van der Waals surface area contributed by atoms with Crippen LogP contribution in [-0.2, 0) is 11.2 Å². The van der Waals surface area contributed by atoms with E-state index in [9.17, 15) is 9.59 Å². The van der Waals surface area contributed by atoms with Gasteiger partial charge in [-0.05, 0) is 38.0 Å². The van der Waals surface area contributed by atoms with E-state index in [-0.39, 0.29) is 5.75 Å². The van der Waals surface area contributed by atoms with E-state index in [0.717, 1.165) is 16.5 Å². The van der Waals surface area contributed by atoms with Crippen molar-refractivity contribution in [3.05, 3.63) is 39.2 Å². The topological polar surface area (TPSA) is 65.7 Å². The molecule has 1 aromatic carbocycles. The molecule has 1 heterocycles. The van der Waals surface area contributed by atoms with Crippen LogP contribution in [0.2, 0.25) is 0 Å². The fraction of sp³-hybridized carbons (Fsp3) is 0.375. The third kappa shape index (κ3) is 2.63. The van der Waals surface area contributed by atoms with Gasteiger partial charge in [0.1, 0.15) is 5.58 Å². The molecule has 5 heteroatoms. The molecule has 0 amide bonds. The molecular formula is C16H18O5. The standard InChI is InChI=1S/C16H18O5/c1-5-10-7-11(15(17)20-6-2)8-12-13(10)9(3)14(19-4)16(18)21-12/h7-8H,5-6H2,1-4H3. The van der Waals surface area contributed by atoms with E-state index in [1.807, 2.05) is 6.92 Å². The first-order chi connectivity index (χ1) is 10.0. The summed E-state index contributed by atoms with van der Waals surface area (Å²) < 4.78 is 15.4. The number of benzene rings is 1. The number of methoxy groups -OCH3 is 1. The molecule has 0 aliphatic heterocycles. The molecule has 0 atom stereocenters. The second-order valence-corrected chi connectivity index (χ2v) is 4.63. The van der Waals surface area contributed by atoms with Gasteiger partial charge in [0, 0.05) is 10.9 Å². The zero-order chi connectivity index (χ0) is 15.6. The number of carbonyl (C=O) groups is 1. The molecule has 0 bridgehead atoms. The van der Waals surface area contributed by atoms with E-state index in [2.05, 4.69) is 0 Å². The van der Waals surface area contributed by atoms with Crippen molar-refractivity contribution < 1.29 is 18.7 Å². The molecule has 0 fully saturated rings. The van der Waals surface area contributed by atoms with Gasteiger partial charge >= 0.3 is 11.6 Å². The smallest absolute Gasteiger partial charge is 0.379 e. The maximum absolute atomic E-state index is 11.9. The van der Waals surface area contributed by atoms with Crippen LogP contribution in [0.25, 0.3) is 11.0 Å². The summed E-state index contributed by atoms with van der Waals surface area (Å²) in [4.78, 5) is 23.8. The third-order valence-corrected chi connectivity index (χ3v) is 3.38. The summed E-state index contributed by atoms with van der Waals surface area (Å²) in [5.41, 5.74) is 1.84. The Morgan fingerprint density at radius 3 is 2.57 bits per heavy atom. The van der Waals surface area contributed by atoms with E-state index in [4.69, 9.17) is 13.9 Å². The average molecular weight is 290 g/mol. The van der Waals surface area contributed by atoms with Crippen molar-refractivity contribution >= 4 is 16.9 Å². The second-order valence-electron chi connectivity index (χ2n) is 4.63. The Labute approximate surface area is 122 Å². The quantitative estimate of drug-likeness (QED) is 0.640. The van der Waals surface area contributed by atoms with Gasteiger partial charge < -0.3 is 13.9 Å². The van der Waals surface area contributed by atoms with Gasteiger partial charge in [-0.15, -0.1) is 0 Å². The minimum Gasteiger partial charge on any atom is -0.490 e. The summed E-state index contributed by atoms with van der Waals surface area (Å²) in [5, 5.41) is 0.807. The molecule has 0 N–H and O–H groups in total. The van der Waals surface area contributed by atoms with Crippen molar-refractivity contribution in [3.8, 4) is 5.75 Å². The summed E-state index contributed by atoms with van der Waals surface area (Å²) in [6.45, 7) is 5.82. The first kappa shape index (κ1) is 15.1. The number of hydrogen-bond acceptors (Lipinski definition) is 5. The number of fused-ring (bicyclic) bond motifs is 1. The molecule has 0 spiro atoms. The van der Waals surface area contributed by atoms with Gasteiger partial charge in [-0.3, -0.25) is 0 Å². The largest absolute Gasteiger partial charge is 0.490 e. The molecule has 0 saturated carbocycles. The highest BCUT2D eigenvalue weighted by Crippen LogP contribution is 2.29. The monoisotopic (exact) mass is 290 g/mol. The zero-order valence-corrected chi connectivity index (χ0v) is 12.6. The van der Waals surface area contributed by atoms with Gasteiger partial charge in [-0.25, -0.2) is 9.59 Å². The molecule has 0 aliphatic rings. The molecule has 0 saturated heterocycles. The Morgan fingerprint density at radius 2 is 2.00 bits per heavy atom. The summed E-state index contributed by atoms with van der Waals surface area (Å²) in [7, 11) is 1.43. The van der Waals surface area contributed by atoms with Crippen molar-refractivity contribution in [1.82, 2.24) is 0 Å².